The van der Waals surface area contributed by atoms with Crippen LogP contribution < -0.4 is 11.1 Å². The van der Waals surface area contributed by atoms with Crippen molar-refractivity contribution in [2.75, 3.05) is 27.7 Å². The van der Waals surface area contributed by atoms with Crippen LogP contribution in [-0.4, -0.2) is 82.0 Å². The fraction of sp³-hybridized carbons (Fsp3) is 0.480. The third-order valence-electron chi connectivity index (χ3n) is 7.79. The first-order valence-electron chi connectivity index (χ1n) is 11.4. The van der Waals surface area contributed by atoms with E-state index in [1.165, 1.54) is 6.07 Å². The van der Waals surface area contributed by atoms with Crippen LogP contribution in [0.4, 0.5) is 0 Å². The second-order valence-electron chi connectivity index (χ2n) is 9.97. The van der Waals surface area contributed by atoms with Crippen molar-refractivity contribution in [2.45, 2.75) is 38.0 Å². The van der Waals surface area contributed by atoms with E-state index in [2.05, 4.69) is 5.32 Å². The van der Waals surface area contributed by atoms with Crippen molar-refractivity contribution in [2.24, 2.45) is 17.1 Å². The first-order chi connectivity index (χ1) is 16.4. The summed E-state index contributed by atoms with van der Waals surface area (Å²) < 4.78 is 0. The van der Waals surface area contributed by atoms with E-state index in [1.54, 1.807) is 32.1 Å². The van der Waals surface area contributed by atoms with Gasteiger partial charge in [0.1, 0.15) is 22.8 Å². The SMILES string of the molecule is CNCc1ccc(O)c2c1C[C@@]1(CN)C[C@H]3[C@H](N(C)C)C(O)=C(C(C)=O)C(=O)[C@@]3(O)C(O)=C1C2=O. The van der Waals surface area contributed by atoms with Crippen LogP contribution >= 0.6 is 0 Å². The molecule has 0 aliphatic heterocycles. The molecule has 0 amide bonds. The molecule has 0 aromatic heterocycles. The van der Waals surface area contributed by atoms with E-state index < -0.39 is 57.4 Å². The normalized spacial score (nSPS) is 30.4. The number of aliphatic hydroxyl groups excluding tert-OH is 2. The second-order valence-corrected chi connectivity index (χ2v) is 9.97. The maximum Gasteiger partial charge on any atom is 0.209 e. The summed E-state index contributed by atoms with van der Waals surface area (Å²) in [5.41, 5.74) is 2.92. The fourth-order valence-corrected chi connectivity index (χ4v) is 6.21. The molecule has 188 valence electrons. The molecule has 10 nitrogen and oxygen atoms in total. The number of phenolic OH excluding ortho intramolecular Hbond substituents is 1. The Labute approximate surface area is 202 Å². The highest BCUT2D eigenvalue weighted by molar-refractivity contribution is 6.25. The molecule has 0 unspecified atom stereocenters. The minimum Gasteiger partial charge on any atom is -0.510 e. The van der Waals surface area contributed by atoms with Crippen molar-refractivity contribution in [3.8, 4) is 5.75 Å². The lowest BCUT2D eigenvalue weighted by atomic mass is 9.52. The molecule has 1 aromatic rings. The van der Waals surface area contributed by atoms with Gasteiger partial charge >= 0.3 is 0 Å². The number of nitrogens with one attached hydrogen (secondary N) is 1. The predicted molar refractivity (Wildman–Crippen MR) is 126 cm³/mol. The summed E-state index contributed by atoms with van der Waals surface area (Å²) in [6.07, 6.45) is 0.142. The van der Waals surface area contributed by atoms with Crippen LogP contribution in [0.25, 0.3) is 0 Å². The van der Waals surface area contributed by atoms with Gasteiger partial charge in [-0.25, -0.2) is 0 Å². The van der Waals surface area contributed by atoms with E-state index in [0.29, 0.717) is 12.1 Å². The molecule has 3 aliphatic rings. The second kappa shape index (κ2) is 8.27. The lowest BCUT2D eigenvalue weighted by Gasteiger charge is -2.54. The van der Waals surface area contributed by atoms with E-state index in [0.717, 1.165) is 12.5 Å². The van der Waals surface area contributed by atoms with Gasteiger partial charge in [-0.3, -0.25) is 19.3 Å². The third-order valence-corrected chi connectivity index (χ3v) is 7.79. The van der Waals surface area contributed by atoms with Crippen molar-refractivity contribution < 1.29 is 34.8 Å². The van der Waals surface area contributed by atoms with Crippen molar-refractivity contribution in [1.82, 2.24) is 10.2 Å². The zero-order chi connectivity index (χ0) is 26.0. The van der Waals surface area contributed by atoms with Gasteiger partial charge in [0.05, 0.1) is 11.6 Å². The molecule has 3 aliphatic carbocycles. The number of nitrogens with two attached hydrogens (primary N) is 1. The molecule has 35 heavy (non-hydrogen) atoms. The number of fused-ring (bicyclic) bond motifs is 3. The molecule has 7 N–H and O–H groups in total. The molecule has 0 bridgehead atoms. The monoisotopic (exact) mass is 485 g/mol. The zero-order valence-corrected chi connectivity index (χ0v) is 20.2. The number of phenols is 1. The van der Waals surface area contributed by atoms with Crippen molar-refractivity contribution in [1.29, 1.82) is 0 Å². The predicted octanol–water partition coefficient (Wildman–Crippen LogP) is 0.273. The number of hydrogen-bond donors (Lipinski definition) is 6. The van der Waals surface area contributed by atoms with E-state index >= 15 is 0 Å². The van der Waals surface area contributed by atoms with E-state index in [4.69, 9.17) is 5.73 Å². The number of nitrogens with zero attached hydrogens (tertiary/aromatic N) is 1. The molecular formula is C25H31N3O7. The molecule has 0 fully saturated rings. The van der Waals surface area contributed by atoms with Crippen LogP contribution in [0.15, 0.2) is 34.8 Å². The minimum atomic E-state index is -2.62. The van der Waals surface area contributed by atoms with E-state index in [9.17, 15) is 34.8 Å². The minimum absolute atomic E-state index is 0.0111. The standard InChI is InChI=1S/C25H31N3O7/c1-11(29)16-21(32)19(28(3)4)14-8-24(10-26)7-13-12(9-27-2)5-6-15(30)17(13)20(31)18(24)23(34)25(14,35)22(16)33/h5-6,14,19,27,30,32,34-35H,7-10,26H2,1-4H3/t14-,19-,24-,25+/m0/s1. The zero-order valence-electron chi connectivity index (χ0n) is 20.2. The molecule has 0 heterocycles. The number of carbonyl (C=O) groups excluding carboxylic acids is 3. The lowest BCUT2D eigenvalue weighted by molar-refractivity contribution is -0.150. The number of Topliss-reactive ketones (excluding diaryl/α,β-unsaturated/α-hetero) is 3. The number of likely N-dealkylation sites (N-methyl/N-ethyl adjacent to an activating group) is 1. The summed E-state index contributed by atoms with van der Waals surface area (Å²) in [6, 6.07) is 2.09. The summed E-state index contributed by atoms with van der Waals surface area (Å²) in [4.78, 5) is 41.1. The number of aromatic hydroxyl groups is 1. The van der Waals surface area contributed by atoms with Crippen LogP contribution in [0, 0.1) is 11.3 Å². The molecule has 4 rings (SSSR count). The van der Waals surface area contributed by atoms with E-state index in [1.807, 2.05) is 0 Å². The number of benzene rings is 1. The summed E-state index contributed by atoms with van der Waals surface area (Å²) in [5.74, 6) is -5.40. The maximum atomic E-state index is 13.8. The summed E-state index contributed by atoms with van der Waals surface area (Å²) in [6.45, 7) is 1.40. The van der Waals surface area contributed by atoms with Crippen LogP contribution in [-0.2, 0) is 22.6 Å². The molecule has 10 heteroatoms. The van der Waals surface area contributed by atoms with Gasteiger partial charge in [-0.05, 0) is 58.1 Å². The van der Waals surface area contributed by atoms with Crippen LogP contribution in [0.1, 0.15) is 34.8 Å². The van der Waals surface area contributed by atoms with Crippen LogP contribution in [0.5, 0.6) is 5.75 Å². The highest BCUT2D eigenvalue weighted by atomic mass is 16.3. The maximum absolute atomic E-state index is 13.8. The van der Waals surface area contributed by atoms with Gasteiger partial charge < -0.3 is 31.5 Å². The molecule has 0 spiro atoms. The Morgan fingerprint density at radius 1 is 1.23 bits per heavy atom. The first kappa shape index (κ1) is 25.1. The smallest absolute Gasteiger partial charge is 0.209 e. The summed E-state index contributed by atoms with van der Waals surface area (Å²) in [7, 11) is 4.98. The quantitative estimate of drug-likeness (QED) is 0.318. The van der Waals surface area contributed by atoms with Crippen molar-refractivity contribution in [3.05, 3.63) is 51.5 Å². The van der Waals surface area contributed by atoms with Crippen LogP contribution in [0.3, 0.4) is 0 Å². The molecular weight excluding hydrogens is 454 g/mol. The summed E-state index contributed by atoms with van der Waals surface area (Å²) in [5, 5.41) is 47.8. The number of ketones is 3. The van der Waals surface area contributed by atoms with Gasteiger partial charge in [0, 0.05) is 30.0 Å². The van der Waals surface area contributed by atoms with Crippen molar-refractivity contribution >= 4 is 17.3 Å². The average Bonchev–Trinajstić information content (AvgIpc) is 2.77. The van der Waals surface area contributed by atoms with Crippen LogP contribution in [0.2, 0.25) is 0 Å². The Morgan fingerprint density at radius 3 is 2.43 bits per heavy atom. The van der Waals surface area contributed by atoms with Gasteiger partial charge in [0.2, 0.25) is 5.78 Å². The topological polar surface area (TPSA) is 173 Å². The molecule has 4 atom stereocenters. The molecule has 0 radical (unpaired) electrons. The largest absolute Gasteiger partial charge is 0.510 e. The molecule has 1 aromatic carbocycles. The Kier molecular flexibility index (Phi) is 5.92. The first-order valence-corrected chi connectivity index (χ1v) is 11.4. The third kappa shape index (κ3) is 3.21. The Morgan fingerprint density at radius 2 is 1.89 bits per heavy atom. The van der Waals surface area contributed by atoms with Gasteiger partial charge in [0.15, 0.2) is 17.2 Å². The fourth-order valence-electron chi connectivity index (χ4n) is 6.21. The van der Waals surface area contributed by atoms with Gasteiger partial charge in [-0.15, -0.1) is 0 Å². The highest BCUT2D eigenvalue weighted by Gasteiger charge is 2.66. The number of rotatable bonds is 5. The molecule has 0 saturated heterocycles. The summed E-state index contributed by atoms with van der Waals surface area (Å²) >= 11 is 0. The Bertz CT molecular complexity index is 1220. The number of aliphatic hydroxyl groups is 3. The average molecular weight is 486 g/mol. The number of carbonyl (C=O) groups is 3. The highest BCUT2D eigenvalue weighted by Crippen LogP contribution is 2.57. The lowest BCUT2D eigenvalue weighted by Crippen LogP contribution is -2.65. The van der Waals surface area contributed by atoms with Gasteiger partial charge in [0.25, 0.3) is 0 Å². The Balaban J connectivity index is 2.05. The number of hydrogen-bond acceptors (Lipinski definition) is 10. The van der Waals surface area contributed by atoms with Crippen molar-refractivity contribution in [3.63, 3.8) is 0 Å². The van der Waals surface area contributed by atoms with Gasteiger partial charge in [-0.2, -0.15) is 0 Å². The molecule has 0 saturated carbocycles. The van der Waals surface area contributed by atoms with E-state index in [-0.39, 0.29) is 36.3 Å². The Hall–Kier alpha value is -3.05. The van der Waals surface area contributed by atoms with Gasteiger partial charge in [-0.1, -0.05) is 6.07 Å².